The Kier molecular flexibility index (Phi) is 38.0. The lowest BCUT2D eigenvalue weighted by Gasteiger charge is -2.35. The standard InChI is InChI=1S/C32H23Cl2N3O.C31H28Cl2N4O.C26H27Cl2N3O2.C26H27ClFN3O2/c1-20-5-6-22(14-24(20)17-26-4-2-3-13-36-26)16-31(38)28-12-8-21(15-30(28)34)7-11-27-29-18-25(33)10-9-23(29)19-37-32(27)35;1-2-36-13-15-37(16-14-36)25-9-3-22(4-10-25)18-30(38)27-12-6-21(17-29(27)33)5-11-26-28-19-24(32)8-7-23(28)20-35-31(26)34;2*1-3-31(4-2)16-20(32)9-12-25(33)22-11-6-17(13-24(22)28)5-10-21-23-14-19(27)8-7-18(23)15-30-26(21)29/h2-6,8-10,12-15,18-19H,16-17H2,1H3,(H2,35,37);3-4,6-10,12,17,19-20H,2,13-16,18H2,1H3,(H2,34,35);2*6-8,11,13-15,20,32H,3-4,9,12,16H2,1-2H3,(H2,29,30). The van der Waals surface area contributed by atoms with E-state index in [4.69, 9.17) is 104 Å². The smallest absolute Gasteiger partial charge is 0.168 e. The summed E-state index contributed by atoms with van der Waals surface area (Å²) in [6.07, 6.45) is 9.56. The number of ketones is 4. The highest BCUT2D eigenvalue weighted by Crippen LogP contribution is 2.33. The molecule has 1 aliphatic rings. The molecule has 0 radical (unpaired) electrons. The summed E-state index contributed by atoms with van der Waals surface area (Å²) in [6, 6.07) is 61.9. The second kappa shape index (κ2) is 50.9. The van der Waals surface area contributed by atoms with Crippen molar-refractivity contribution in [1.29, 1.82) is 0 Å². The van der Waals surface area contributed by atoms with Crippen molar-refractivity contribution in [3.8, 4) is 47.4 Å². The van der Waals surface area contributed by atoms with E-state index in [1.807, 2.05) is 113 Å². The van der Waals surface area contributed by atoms with E-state index < -0.39 is 18.0 Å². The zero-order chi connectivity index (χ0) is 101. The molecule has 15 aromatic rings. The molecular formula is C115H105Cl7FN13O6. The molecule has 5 aromatic heterocycles. The number of likely N-dealkylation sites (N-methyl/N-ethyl adjacent to an activating group) is 3. The molecule has 6 heterocycles. The number of carbonyl (C=O) groups excluding carboxylic acids is 4. The number of hydrogen-bond donors (Lipinski definition) is 6. The number of anilines is 5. The molecule has 0 spiro atoms. The van der Waals surface area contributed by atoms with Crippen LogP contribution in [0, 0.1) is 60.1 Å². The van der Waals surface area contributed by atoms with Crippen LogP contribution in [0.3, 0.4) is 0 Å². The minimum atomic E-state index is -0.642. The largest absolute Gasteiger partial charge is 0.392 e. The van der Waals surface area contributed by atoms with E-state index in [9.17, 15) is 33.8 Å². The first-order valence-corrected chi connectivity index (χ1v) is 49.2. The fourth-order valence-corrected chi connectivity index (χ4v) is 17.7. The minimum absolute atomic E-state index is 0.00582. The lowest BCUT2D eigenvalue weighted by Crippen LogP contribution is -2.46. The molecule has 1 aliphatic heterocycles. The van der Waals surface area contributed by atoms with Crippen molar-refractivity contribution in [3.05, 3.63) is 373 Å². The normalized spacial score (nSPS) is 12.1. The van der Waals surface area contributed by atoms with Gasteiger partial charge in [-0.3, -0.25) is 24.2 Å². The SMILES string of the molecule is CCN(CC)CC(O)CCC(=O)c1ccc(C#Cc2c(N)ncc3ccc(Cl)cc23)cc1Cl.CCN(CC)CC(O)CCC(=O)c1ccc(C#Cc2c(N)ncc3ccc(Cl)cc23)cc1F.CCN1CCN(c2ccc(CC(=O)c3ccc(C#Cc4c(N)ncc5ccc(Cl)cc45)cc3Cl)cc2)CC1.Cc1ccc(CC(=O)c2ccc(C#Cc3c(N)ncc4ccc(Cl)cc34)cc2Cl)cc1Cc1ccccn1. The Hall–Kier alpha value is -13.3. The number of Topliss-reactive ketones (excluding diaryl/α,β-unsaturated/α-hetero) is 4. The Morgan fingerprint density at radius 1 is 0.401 bits per heavy atom. The van der Waals surface area contributed by atoms with Crippen molar-refractivity contribution in [3.63, 3.8) is 0 Å². The van der Waals surface area contributed by atoms with Gasteiger partial charge in [0.1, 0.15) is 29.1 Å². The van der Waals surface area contributed by atoms with Gasteiger partial charge in [0.15, 0.2) is 23.1 Å². The van der Waals surface area contributed by atoms with Crippen LogP contribution in [-0.4, -0.2) is 157 Å². The van der Waals surface area contributed by atoms with Crippen LogP contribution < -0.4 is 27.8 Å². The number of pyridine rings is 5. The number of aryl methyl sites for hydroxylation is 1. The van der Waals surface area contributed by atoms with Gasteiger partial charge in [0, 0.05) is 216 Å². The number of rotatable bonds is 26. The molecule has 10 aromatic carbocycles. The summed E-state index contributed by atoms with van der Waals surface area (Å²) in [6.45, 7) is 22.1. The Morgan fingerprint density at radius 2 is 0.761 bits per heavy atom. The highest BCUT2D eigenvalue weighted by Gasteiger charge is 2.23. The first kappa shape index (κ1) is 106. The molecule has 19 nitrogen and oxygen atoms in total. The molecule has 27 heteroatoms. The van der Waals surface area contributed by atoms with Crippen LogP contribution in [0.2, 0.25) is 35.2 Å². The van der Waals surface area contributed by atoms with Crippen LogP contribution >= 0.6 is 81.2 Å². The quantitative estimate of drug-likeness (QED) is 0.0217. The third kappa shape index (κ3) is 28.8. The van der Waals surface area contributed by atoms with Crippen LogP contribution in [-0.2, 0) is 19.3 Å². The number of hydrogen-bond acceptors (Lipinski definition) is 19. The number of nitrogen functional groups attached to an aromatic ring is 4. The maximum absolute atomic E-state index is 14.6. The molecule has 0 aliphatic carbocycles. The monoisotopic (exact) mass is 2030 g/mol. The predicted molar refractivity (Wildman–Crippen MR) is 579 cm³/mol. The van der Waals surface area contributed by atoms with Gasteiger partial charge in [-0.1, -0.05) is 224 Å². The molecule has 142 heavy (non-hydrogen) atoms. The van der Waals surface area contributed by atoms with Gasteiger partial charge in [-0.05, 0) is 220 Å². The summed E-state index contributed by atoms with van der Waals surface area (Å²) < 4.78 is 14.6. The zero-order valence-electron chi connectivity index (χ0n) is 79.3. The van der Waals surface area contributed by atoms with Gasteiger partial charge in [-0.25, -0.2) is 24.3 Å². The molecule has 0 amide bonds. The van der Waals surface area contributed by atoms with E-state index in [0.29, 0.717) is 140 Å². The topological polar surface area (TPSA) is 290 Å². The summed E-state index contributed by atoms with van der Waals surface area (Å²) in [7, 11) is 0. The van der Waals surface area contributed by atoms with E-state index in [0.717, 1.165) is 130 Å². The zero-order valence-corrected chi connectivity index (χ0v) is 84.6. The minimum Gasteiger partial charge on any atom is -0.392 e. The lowest BCUT2D eigenvalue weighted by molar-refractivity contribution is 0.0872. The summed E-state index contributed by atoms with van der Waals surface area (Å²) in [5.41, 5.74) is 36.7. The number of carbonyl (C=O) groups is 4. The van der Waals surface area contributed by atoms with Crippen molar-refractivity contribution in [2.75, 3.05) is 99.8 Å². The Morgan fingerprint density at radius 3 is 1.12 bits per heavy atom. The van der Waals surface area contributed by atoms with Gasteiger partial charge in [0.25, 0.3) is 0 Å². The average Bonchev–Trinajstić information content (AvgIpc) is 0.807. The van der Waals surface area contributed by atoms with Crippen LogP contribution in [0.1, 0.15) is 174 Å². The Bertz CT molecular complexity index is 7250. The van der Waals surface area contributed by atoms with Gasteiger partial charge >= 0.3 is 0 Å². The molecule has 10 N–H and O–H groups in total. The van der Waals surface area contributed by atoms with Crippen molar-refractivity contribution in [1.82, 2.24) is 39.6 Å². The first-order chi connectivity index (χ1) is 68.4. The van der Waals surface area contributed by atoms with Gasteiger partial charge in [-0.2, -0.15) is 0 Å². The summed E-state index contributed by atoms with van der Waals surface area (Å²) >= 11 is 44.0. The van der Waals surface area contributed by atoms with E-state index in [-0.39, 0.29) is 66.6 Å². The maximum atomic E-state index is 14.6. The molecule has 1 saturated heterocycles. The molecule has 0 saturated carbocycles. The number of aliphatic hydroxyl groups excluding tert-OH is 2. The molecule has 722 valence electrons. The number of aromatic nitrogens is 5. The second-order valence-electron chi connectivity index (χ2n) is 34.0. The molecule has 2 unspecified atom stereocenters. The maximum Gasteiger partial charge on any atom is 0.168 e. The number of nitrogens with two attached hydrogens (primary N) is 4. The molecule has 2 atom stereocenters. The lowest BCUT2D eigenvalue weighted by atomic mass is 9.96. The predicted octanol–water partition coefficient (Wildman–Crippen LogP) is 23.2. The fourth-order valence-electron chi connectivity index (χ4n) is 16.2. The number of halogens is 8. The van der Waals surface area contributed by atoms with E-state index in [2.05, 4.69) is 124 Å². The van der Waals surface area contributed by atoms with Crippen LogP contribution in [0.5, 0.6) is 0 Å². The van der Waals surface area contributed by atoms with Crippen LogP contribution in [0.15, 0.2) is 237 Å². The van der Waals surface area contributed by atoms with Gasteiger partial charge in [-0.15, -0.1) is 0 Å². The number of benzene rings is 10. The summed E-state index contributed by atoms with van der Waals surface area (Å²) in [5, 5.41) is 30.5. The van der Waals surface area contributed by atoms with E-state index in [1.165, 1.54) is 17.8 Å². The Labute approximate surface area is 862 Å². The Balaban J connectivity index is 0.000000159. The van der Waals surface area contributed by atoms with Crippen molar-refractivity contribution < 1.29 is 33.8 Å². The van der Waals surface area contributed by atoms with Gasteiger partial charge in [0.2, 0.25) is 0 Å². The third-order valence-corrected chi connectivity index (χ3v) is 26.3. The molecule has 1 fully saturated rings. The number of piperazine rings is 1. The summed E-state index contributed by atoms with van der Waals surface area (Å²) in [4.78, 5) is 81.6. The number of fused-ring (bicyclic) bond motifs is 4. The molecular weight excluding hydrogens is 1930 g/mol. The van der Waals surface area contributed by atoms with Gasteiger partial charge in [0.05, 0.1) is 55.1 Å². The van der Waals surface area contributed by atoms with Crippen molar-refractivity contribution in [2.45, 2.75) is 98.7 Å². The first-order valence-electron chi connectivity index (χ1n) is 46.5. The van der Waals surface area contributed by atoms with Crippen LogP contribution in [0.25, 0.3) is 43.1 Å². The fraction of sp³-hybridized carbons (Fsp3) is 0.226. The molecule has 16 rings (SSSR count). The summed E-state index contributed by atoms with van der Waals surface area (Å²) in [5.74, 6) is 24.4. The van der Waals surface area contributed by atoms with Crippen molar-refractivity contribution >= 4 is 176 Å². The van der Waals surface area contributed by atoms with Crippen LogP contribution in [0.4, 0.5) is 33.3 Å². The number of nitrogens with zero attached hydrogens (tertiary/aromatic N) is 9. The van der Waals surface area contributed by atoms with E-state index in [1.54, 1.807) is 122 Å². The second-order valence-corrected chi connectivity index (χ2v) is 37.0. The third-order valence-electron chi connectivity index (χ3n) is 24.4. The molecule has 0 bridgehead atoms. The highest BCUT2D eigenvalue weighted by molar-refractivity contribution is 6.36. The number of aliphatic hydroxyl groups is 2. The van der Waals surface area contributed by atoms with Crippen molar-refractivity contribution in [2.24, 2.45) is 0 Å². The highest BCUT2D eigenvalue weighted by atomic mass is 35.5. The van der Waals surface area contributed by atoms with E-state index >= 15 is 0 Å². The average molecular weight is 2030 g/mol. The van der Waals surface area contributed by atoms with Gasteiger partial charge < -0.3 is 52.7 Å².